The van der Waals surface area contributed by atoms with Gasteiger partial charge in [0.2, 0.25) is 0 Å². The summed E-state index contributed by atoms with van der Waals surface area (Å²) in [5, 5.41) is 5.97. The fourth-order valence-electron chi connectivity index (χ4n) is 3.63. The second-order valence-corrected chi connectivity index (χ2v) is 6.96. The van der Waals surface area contributed by atoms with Gasteiger partial charge in [0.25, 0.3) is 0 Å². The highest BCUT2D eigenvalue weighted by Gasteiger charge is 2.26. The lowest BCUT2D eigenvalue weighted by Gasteiger charge is -2.26. The fourth-order valence-corrected chi connectivity index (χ4v) is 3.63. The second-order valence-electron chi connectivity index (χ2n) is 6.96. The third-order valence-electron chi connectivity index (χ3n) is 5.16. The number of hydrogen-bond donors (Lipinski definition) is 2. The molecule has 1 aromatic carbocycles. The number of ether oxygens (including phenoxy) is 2. The van der Waals surface area contributed by atoms with Crippen molar-refractivity contribution in [3.63, 3.8) is 0 Å². The van der Waals surface area contributed by atoms with Crippen molar-refractivity contribution < 1.29 is 18.7 Å². The van der Waals surface area contributed by atoms with E-state index in [0.717, 1.165) is 24.4 Å². The van der Waals surface area contributed by atoms with Crippen molar-refractivity contribution in [2.75, 3.05) is 33.9 Å². The molecule has 0 saturated carbocycles. The Morgan fingerprint density at radius 1 is 1.21 bits per heavy atom. The Labute approximate surface area is 166 Å². The van der Waals surface area contributed by atoms with E-state index >= 15 is 0 Å². The van der Waals surface area contributed by atoms with E-state index in [4.69, 9.17) is 13.9 Å². The van der Waals surface area contributed by atoms with Crippen molar-refractivity contribution in [3.8, 4) is 11.5 Å². The lowest BCUT2D eigenvalue weighted by Crippen LogP contribution is -2.42. The molecule has 2 atom stereocenters. The van der Waals surface area contributed by atoms with Crippen LogP contribution in [0.3, 0.4) is 0 Å². The molecule has 2 aromatic rings. The van der Waals surface area contributed by atoms with Gasteiger partial charge in [-0.1, -0.05) is 0 Å². The van der Waals surface area contributed by atoms with Crippen molar-refractivity contribution in [3.05, 3.63) is 47.9 Å². The molecule has 7 heteroatoms. The standard InChI is InChI=1S/C21H29N3O4/c1-15(17-9-8-16(26-2)13-20(17)27-3)23-21(25)22-14-18(19-7-6-12-28-19)24-10-4-5-11-24/h6-9,12-13,15,18H,4-5,10-11,14H2,1-3H3,(H2,22,23,25). The molecule has 0 spiro atoms. The number of nitrogens with one attached hydrogen (secondary N) is 2. The maximum Gasteiger partial charge on any atom is 0.315 e. The first kappa shape index (κ1) is 20.1. The number of carbonyl (C=O) groups excluding carboxylic acids is 1. The van der Waals surface area contributed by atoms with E-state index in [1.807, 2.05) is 37.3 Å². The van der Waals surface area contributed by atoms with E-state index in [1.54, 1.807) is 20.5 Å². The summed E-state index contributed by atoms with van der Waals surface area (Å²) in [6.45, 7) is 4.46. The van der Waals surface area contributed by atoms with E-state index in [-0.39, 0.29) is 18.1 Å². The minimum atomic E-state index is -0.221. The maximum atomic E-state index is 12.5. The summed E-state index contributed by atoms with van der Waals surface area (Å²) >= 11 is 0. The normalized spacial score (nSPS) is 16.4. The first-order valence-electron chi connectivity index (χ1n) is 9.66. The Hall–Kier alpha value is -2.67. The number of furan rings is 1. The smallest absolute Gasteiger partial charge is 0.315 e. The molecule has 7 nitrogen and oxygen atoms in total. The first-order valence-corrected chi connectivity index (χ1v) is 9.66. The van der Waals surface area contributed by atoms with Crippen molar-refractivity contribution in [2.24, 2.45) is 0 Å². The van der Waals surface area contributed by atoms with Crippen molar-refractivity contribution in [1.29, 1.82) is 0 Å². The number of methoxy groups -OCH3 is 2. The Balaban J connectivity index is 1.60. The van der Waals surface area contributed by atoms with Crippen LogP contribution in [0.1, 0.15) is 43.2 Å². The van der Waals surface area contributed by atoms with Crippen LogP contribution in [-0.2, 0) is 0 Å². The lowest BCUT2D eigenvalue weighted by atomic mass is 10.1. The van der Waals surface area contributed by atoms with Gasteiger partial charge >= 0.3 is 6.03 Å². The van der Waals surface area contributed by atoms with Crippen LogP contribution in [0, 0.1) is 0 Å². The van der Waals surface area contributed by atoms with Gasteiger partial charge in [-0.25, -0.2) is 4.79 Å². The minimum Gasteiger partial charge on any atom is -0.497 e. The molecule has 1 aliphatic heterocycles. The monoisotopic (exact) mass is 387 g/mol. The molecular weight excluding hydrogens is 358 g/mol. The molecule has 1 fully saturated rings. The van der Waals surface area contributed by atoms with Gasteiger partial charge in [0.15, 0.2) is 0 Å². The highest BCUT2D eigenvalue weighted by molar-refractivity contribution is 5.74. The van der Waals surface area contributed by atoms with Gasteiger partial charge in [-0.3, -0.25) is 4.90 Å². The zero-order chi connectivity index (χ0) is 19.9. The average molecular weight is 387 g/mol. The van der Waals surface area contributed by atoms with Crippen molar-refractivity contribution in [2.45, 2.75) is 31.8 Å². The van der Waals surface area contributed by atoms with Gasteiger partial charge in [-0.15, -0.1) is 0 Å². The fraction of sp³-hybridized carbons (Fsp3) is 0.476. The number of urea groups is 1. The molecule has 2 heterocycles. The molecule has 0 bridgehead atoms. The summed E-state index contributed by atoms with van der Waals surface area (Å²) in [5.41, 5.74) is 0.889. The summed E-state index contributed by atoms with van der Waals surface area (Å²) in [6, 6.07) is 9.03. The topological polar surface area (TPSA) is 76.0 Å². The molecular formula is C21H29N3O4. The van der Waals surface area contributed by atoms with Gasteiger partial charge in [-0.05, 0) is 57.1 Å². The SMILES string of the molecule is COc1ccc(C(C)NC(=O)NCC(c2ccco2)N2CCCC2)c(OC)c1. The van der Waals surface area contributed by atoms with E-state index in [1.165, 1.54) is 12.8 Å². The number of hydrogen-bond acceptors (Lipinski definition) is 5. The summed E-state index contributed by atoms with van der Waals surface area (Å²) in [6.07, 6.45) is 4.03. The highest BCUT2D eigenvalue weighted by Crippen LogP contribution is 2.29. The van der Waals surface area contributed by atoms with Crippen molar-refractivity contribution >= 4 is 6.03 Å². The first-order chi connectivity index (χ1) is 13.6. The van der Waals surface area contributed by atoms with Crippen LogP contribution < -0.4 is 20.1 Å². The van der Waals surface area contributed by atoms with E-state index in [2.05, 4.69) is 15.5 Å². The number of amides is 2. The van der Waals surface area contributed by atoms with Crippen LogP contribution in [0.2, 0.25) is 0 Å². The Morgan fingerprint density at radius 3 is 2.64 bits per heavy atom. The maximum absolute atomic E-state index is 12.5. The molecule has 2 amide bonds. The van der Waals surface area contributed by atoms with Crippen LogP contribution in [0.15, 0.2) is 41.0 Å². The quantitative estimate of drug-likeness (QED) is 0.725. The number of carbonyl (C=O) groups is 1. The average Bonchev–Trinajstić information content (AvgIpc) is 3.42. The van der Waals surface area contributed by atoms with Gasteiger partial charge in [-0.2, -0.15) is 0 Å². The van der Waals surface area contributed by atoms with Gasteiger partial charge in [0.05, 0.1) is 32.6 Å². The highest BCUT2D eigenvalue weighted by atomic mass is 16.5. The van der Waals surface area contributed by atoms with E-state index in [0.29, 0.717) is 18.0 Å². The Morgan fingerprint density at radius 2 is 2.00 bits per heavy atom. The molecule has 3 rings (SSSR count). The van der Waals surface area contributed by atoms with Crippen LogP contribution >= 0.6 is 0 Å². The lowest BCUT2D eigenvalue weighted by molar-refractivity contribution is 0.202. The largest absolute Gasteiger partial charge is 0.497 e. The molecule has 1 aliphatic rings. The summed E-state index contributed by atoms with van der Waals surface area (Å²) < 4.78 is 16.3. The Bertz CT molecular complexity index is 757. The van der Waals surface area contributed by atoms with Crippen LogP contribution in [0.5, 0.6) is 11.5 Å². The predicted octanol–water partition coefficient (Wildman–Crippen LogP) is 3.49. The van der Waals surface area contributed by atoms with Crippen LogP contribution in [-0.4, -0.2) is 44.8 Å². The van der Waals surface area contributed by atoms with Gasteiger partial charge in [0.1, 0.15) is 17.3 Å². The molecule has 1 aromatic heterocycles. The van der Waals surface area contributed by atoms with E-state index < -0.39 is 0 Å². The molecule has 2 N–H and O–H groups in total. The Kier molecular flexibility index (Phi) is 6.81. The number of benzene rings is 1. The zero-order valence-electron chi connectivity index (χ0n) is 16.7. The molecule has 0 radical (unpaired) electrons. The van der Waals surface area contributed by atoms with Crippen molar-refractivity contribution in [1.82, 2.24) is 15.5 Å². The molecule has 28 heavy (non-hydrogen) atoms. The van der Waals surface area contributed by atoms with Crippen LogP contribution in [0.4, 0.5) is 4.79 Å². The zero-order valence-corrected chi connectivity index (χ0v) is 16.7. The summed E-state index contributed by atoms with van der Waals surface area (Å²) in [7, 11) is 3.22. The number of rotatable bonds is 8. The van der Waals surface area contributed by atoms with Gasteiger partial charge < -0.3 is 24.5 Å². The molecule has 0 aliphatic carbocycles. The van der Waals surface area contributed by atoms with Crippen LogP contribution in [0.25, 0.3) is 0 Å². The molecule has 152 valence electrons. The van der Waals surface area contributed by atoms with Gasteiger partial charge in [0, 0.05) is 18.2 Å². The second kappa shape index (κ2) is 9.50. The minimum absolute atomic E-state index is 0.0501. The number of nitrogens with zero attached hydrogens (tertiary/aromatic N) is 1. The molecule has 2 unspecified atom stereocenters. The molecule has 1 saturated heterocycles. The third kappa shape index (κ3) is 4.78. The third-order valence-corrected chi connectivity index (χ3v) is 5.16. The number of likely N-dealkylation sites (tertiary alicyclic amines) is 1. The predicted molar refractivity (Wildman–Crippen MR) is 107 cm³/mol. The van der Waals surface area contributed by atoms with E-state index in [9.17, 15) is 4.79 Å². The summed E-state index contributed by atoms with van der Waals surface area (Å²) in [5.74, 6) is 2.27. The summed E-state index contributed by atoms with van der Waals surface area (Å²) in [4.78, 5) is 14.9.